The van der Waals surface area contributed by atoms with Gasteiger partial charge in [0.15, 0.2) is 6.10 Å². The summed E-state index contributed by atoms with van der Waals surface area (Å²) in [6, 6.07) is 0. The highest BCUT2D eigenvalue weighted by Gasteiger charge is 2.25. The second kappa shape index (κ2) is 60.1. The first-order valence-electron chi connectivity index (χ1n) is 33.9. The summed E-state index contributed by atoms with van der Waals surface area (Å²) in [6.45, 7) is 4.93. The number of nitrogens with zero attached hydrogens (tertiary/aromatic N) is 1. The smallest absolute Gasteiger partial charge is 0.361 e. The van der Waals surface area contributed by atoms with Gasteiger partial charge < -0.3 is 28.5 Å². The van der Waals surface area contributed by atoms with Crippen LogP contribution in [0.25, 0.3) is 0 Å². The van der Waals surface area contributed by atoms with E-state index in [1.54, 1.807) is 0 Å². The lowest BCUT2D eigenvalue weighted by Gasteiger charge is -2.25. The van der Waals surface area contributed by atoms with Crippen LogP contribution in [0.5, 0.6) is 0 Å². The van der Waals surface area contributed by atoms with E-state index in [9.17, 15) is 19.5 Å². The predicted molar refractivity (Wildman–Crippen MR) is 328 cm³/mol. The Kier molecular flexibility index (Phi) is 58.6. The van der Waals surface area contributed by atoms with Crippen molar-refractivity contribution in [3.63, 3.8) is 0 Å². The summed E-state index contributed by atoms with van der Waals surface area (Å²) >= 11 is 0. The topological polar surface area (TPSA) is 108 Å². The molecule has 0 amide bonds. The van der Waals surface area contributed by atoms with Crippen LogP contribution in [-0.4, -0.2) is 87.4 Å². The number of likely N-dealkylation sites (N-methyl/N-ethyl adjacent to an activating group) is 1. The van der Waals surface area contributed by atoms with Crippen molar-refractivity contribution in [2.24, 2.45) is 0 Å². The molecule has 1 N–H and O–H groups in total. The van der Waals surface area contributed by atoms with Crippen molar-refractivity contribution in [3.05, 3.63) is 12.2 Å². The minimum absolute atomic E-state index is 0.179. The van der Waals surface area contributed by atoms with Crippen LogP contribution in [-0.2, 0) is 33.3 Å². The molecule has 456 valence electrons. The summed E-state index contributed by atoms with van der Waals surface area (Å²) in [5, 5.41) is 9.71. The summed E-state index contributed by atoms with van der Waals surface area (Å²) in [5.74, 6) is -1.99. The Morgan fingerprint density at radius 2 is 0.662 bits per heavy atom. The normalized spacial score (nSPS) is 12.7. The van der Waals surface area contributed by atoms with Gasteiger partial charge in [-0.3, -0.25) is 9.59 Å². The first kappa shape index (κ1) is 75.0. The molecule has 0 aliphatic heterocycles. The van der Waals surface area contributed by atoms with Crippen LogP contribution in [0.15, 0.2) is 12.2 Å². The van der Waals surface area contributed by atoms with Crippen LogP contribution in [0.2, 0.25) is 0 Å². The SMILES string of the molecule is CCCCCCCCC/C=C\CCCCCCCC(=O)OC(COC(=O)CCCCCCCCCCCCCCCCCCCCCCCCCCCCCCCCCCCCCC)COC(OCC[N+](C)(C)C)C(=O)O. The summed E-state index contributed by atoms with van der Waals surface area (Å²) in [5.41, 5.74) is 0. The maximum atomic E-state index is 12.9. The fraction of sp³-hybridized carbons (Fsp3) is 0.926. The highest BCUT2D eigenvalue weighted by Crippen LogP contribution is 2.19. The molecule has 0 spiro atoms. The monoisotopic (exact) mass is 1090 g/mol. The van der Waals surface area contributed by atoms with Crippen molar-refractivity contribution in [1.82, 2.24) is 0 Å². The Morgan fingerprint density at radius 3 is 0.961 bits per heavy atom. The number of esters is 2. The number of ether oxygens (including phenoxy) is 4. The summed E-state index contributed by atoms with van der Waals surface area (Å²) in [7, 11) is 5.98. The van der Waals surface area contributed by atoms with Gasteiger partial charge in [-0.2, -0.15) is 0 Å². The number of unbranched alkanes of at least 4 members (excludes halogenated alkanes) is 47. The molecule has 0 saturated carbocycles. The van der Waals surface area contributed by atoms with Crippen molar-refractivity contribution >= 4 is 17.9 Å². The van der Waals surface area contributed by atoms with Crippen LogP contribution < -0.4 is 0 Å². The molecular formula is C68H132NO8+. The van der Waals surface area contributed by atoms with E-state index in [0.29, 0.717) is 23.9 Å². The van der Waals surface area contributed by atoms with E-state index in [2.05, 4.69) is 26.0 Å². The molecule has 0 aromatic heterocycles. The van der Waals surface area contributed by atoms with E-state index >= 15 is 0 Å². The number of hydrogen-bond acceptors (Lipinski definition) is 7. The van der Waals surface area contributed by atoms with Crippen molar-refractivity contribution in [2.45, 2.75) is 360 Å². The van der Waals surface area contributed by atoms with Crippen LogP contribution in [0.1, 0.15) is 348 Å². The zero-order valence-corrected chi connectivity index (χ0v) is 52.2. The van der Waals surface area contributed by atoms with Gasteiger partial charge in [-0.05, 0) is 38.5 Å². The Morgan fingerprint density at radius 1 is 0.377 bits per heavy atom. The zero-order chi connectivity index (χ0) is 56.2. The number of rotatable bonds is 64. The van der Waals surface area contributed by atoms with Crippen LogP contribution in [0, 0.1) is 0 Å². The van der Waals surface area contributed by atoms with Crippen molar-refractivity contribution < 1.29 is 42.9 Å². The van der Waals surface area contributed by atoms with Crippen molar-refractivity contribution in [3.8, 4) is 0 Å². The summed E-state index contributed by atoms with van der Waals surface area (Å²) < 4.78 is 22.9. The number of aliphatic carboxylic acids is 1. The van der Waals surface area contributed by atoms with Gasteiger partial charge in [-0.1, -0.05) is 309 Å². The Labute approximate surface area is 478 Å². The molecule has 2 atom stereocenters. The highest BCUT2D eigenvalue weighted by molar-refractivity contribution is 5.71. The lowest BCUT2D eigenvalue weighted by molar-refractivity contribution is -0.870. The fourth-order valence-electron chi connectivity index (χ4n) is 10.3. The average molecular weight is 1090 g/mol. The highest BCUT2D eigenvalue weighted by atomic mass is 16.7. The maximum Gasteiger partial charge on any atom is 0.361 e. The van der Waals surface area contributed by atoms with Gasteiger partial charge in [0.25, 0.3) is 6.29 Å². The molecule has 2 unspecified atom stereocenters. The Hall–Kier alpha value is -1.97. The lowest BCUT2D eigenvalue weighted by atomic mass is 10.0. The van der Waals surface area contributed by atoms with Gasteiger partial charge in [0.2, 0.25) is 0 Å². The van der Waals surface area contributed by atoms with Gasteiger partial charge in [-0.15, -0.1) is 0 Å². The third-order valence-electron chi connectivity index (χ3n) is 15.5. The molecule has 0 aromatic carbocycles. The van der Waals surface area contributed by atoms with Crippen LogP contribution in [0.3, 0.4) is 0 Å². The standard InChI is InChI=1S/C68H131NO8/c1-6-8-10-12-14-16-18-20-22-24-25-26-27-28-29-30-31-32-33-34-35-36-37-38-39-40-41-42-43-45-46-48-50-52-54-56-58-65(70)75-62-64(63-76-68(67(72)73)74-61-60-69(3,4)5)77-66(71)59-57-55-53-51-49-47-44-23-21-19-17-15-13-11-9-7-2/h23,44,64,68H,6-22,24-43,45-63H2,1-5H3/p+1/b44-23-. The Bertz CT molecular complexity index is 1270. The first-order valence-corrected chi connectivity index (χ1v) is 33.9. The number of carboxylic acid groups (broad SMARTS) is 1. The summed E-state index contributed by atoms with van der Waals surface area (Å²) in [6.07, 6.45) is 69.2. The molecule has 0 aliphatic carbocycles. The second-order valence-corrected chi connectivity index (χ2v) is 24.5. The first-order chi connectivity index (χ1) is 37.6. The number of carboxylic acids is 1. The zero-order valence-electron chi connectivity index (χ0n) is 52.2. The van der Waals surface area contributed by atoms with E-state index in [4.69, 9.17) is 18.9 Å². The summed E-state index contributed by atoms with van der Waals surface area (Å²) in [4.78, 5) is 37.5. The minimum atomic E-state index is -1.51. The molecule has 9 heteroatoms. The van der Waals surface area contributed by atoms with Gasteiger partial charge in [0.05, 0.1) is 34.4 Å². The number of carbonyl (C=O) groups is 3. The molecule has 0 aliphatic rings. The van der Waals surface area contributed by atoms with Crippen LogP contribution in [0.4, 0.5) is 0 Å². The molecule has 0 saturated heterocycles. The molecule has 9 nitrogen and oxygen atoms in total. The predicted octanol–water partition coefficient (Wildman–Crippen LogP) is 20.5. The third kappa shape index (κ3) is 61.5. The molecule has 0 rings (SSSR count). The third-order valence-corrected chi connectivity index (χ3v) is 15.5. The maximum absolute atomic E-state index is 12.9. The number of hydrogen-bond donors (Lipinski definition) is 1. The molecule has 0 radical (unpaired) electrons. The molecule has 0 heterocycles. The number of carbonyl (C=O) groups excluding carboxylic acids is 2. The molecule has 0 fully saturated rings. The van der Waals surface area contributed by atoms with Gasteiger partial charge >= 0.3 is 17.9 Å². The van der Waals surface area contributed by atoms with E-state index in [-0.39, 0.29) is 32.2 Å². The second-order valence-electron chi connectivity index (χ2n) is 24.5. The van der Waals surface area contributed by atoms with E-state index in [1.165, 1.54) is 263 Å². The molecule has 0 aromatic rings. The molecule has 0 bridgehead atoms. The van der Waals surface area contributed by atoms with Crippen LogP contribution >= 0.6 is 0 Å². The van der Waals surface area contributed by atoms with Gasteiger partial charge in [0.1, 0.15) is 13.2 Å². The van der Waals surface area contributed by atoms with Gasteiger partial charge in [-0.25, -0.2) is 4.79 Å². The molecule has 77 heavy (non-hydrogen) atoms. The van der Waals surface area contributed by atoms with Crippen molar-refractivity contribution in [2.75, 3.05) is 47.5 Å². The van der Waals surface area contributed by atoms with Crippen molar-refractivity contribution in [1.29, 1.82) is 0 Å². The van der Waals surface area contributed by atoms with E-state index in [1.807, 2.05) is 21.1 Å². The molecular weight excluding hydrogens is 959 g/mol. The number of quaternary nitrogens is 1. The average Bonchev–Trinajstić information content (AvgIpc) is 3.40. The largest absolute Gasteiger partial charge is 0.477 e. The quantitative estimate of drug-likeness (QED) is 0.0211. The fourth-order valence-corrected chi connectivity index (χ4v) is 10.3. The van der Waals surface area contributed by atoms with E-state index < -0.39 is 24.3 Å². The number of allylic oxidation sites excluding steroid dienone is 2. The Balaban J connectivity index is 3.94. The lowest BCUT2D eigenvalue weighted by Crippen LogP contribution is -2.40. The minimum Gasteiger partial charge on any atom is -0.477 e. The van der Waals surface area contributed by atoms with E-state index in [0.717, 1.165) is 51.4 Å². The van der Waals surface area contributed by atoms with Gasteiger partial charge in [0, 0.05) is 12.8 Å².